The van der Waals surface area contributed by atoms with Gasteiger partial charge in [-0.2, -0.15) is 5.10 Å². The average molecular weight is 288 g/mol. The Labute approximate surface area is 124 Å². The molecule has 1 aromatic heterocycles. The number of methoxy groups -OCH3 is 1. The van der Waals surface area contributed by atoms with Crippen LogP contribution < -0.4 is 5.73 Å². The molecule has 1 amide bonds. The fraction of sp³-hybridized carbons (Fsp3) is 0.333. The summed E-state index contributed by atoms with van der Waals surface area (Å²) in [5, 5.41) is 4.31. The lowest BCUT2D eigenvalue weighted by atomic mass is 10.3. The van der Waals surface area contributed by atoms with Gasteiger partial charge in [-0.1, -0.05) is 6.07 Å². The van der Waals surface area contributed by atoms with E-state index in [0.717, 1.165) is 12.1 Å². The third-order valence-corrected chi connectivity index (χ3v) is 3.13. The fourth-order valence-corrected chi connectivity index (χ4v) is 1.99. The number of nitrogens with two attached hydrogens (primary N) is 1. The summed E-state index contributed by atoms with van der Waals surface area (Å²) in [4.78, 5) is 13.9. The normalized spacial score (nSPS) is 10.6. The number of carbonyl (C=O) groups excluding carboxylic acids is 1. The molecule has 21 heavy (non-hydrogen) atoms. The van der Waals surface area contributed by atoms with E-state index in [1.54, 1.807) is 36.0 Å². The number of hydrogen-bond acceptors (Lipinski definition) is 4. The molecule has 0 radical (unpaired) electrons. The van der Waals surface area contributed by atoms with Gasteiger partial charge in [0.15, 0.2) is 5.69 Å². The monoisotopic (exact) mass is 288 g/mol. The predicted octanol–water partition coefficient (Wildman–Crippen LogP) is 1.56. The summed E-state index contributed by atoms with van der Waals surface area (Å²) in [5.41, 5.74) is 7.65. The quantitative estimate of drug-likeness (QED) is 0.646. The van der Waals surface area contributed by atoms with E-state index >= 15 is 0 Å². The number of hydrogen-bond donors (Lipinski definition) is 1. The van der Waals surface area contributed by atoms with Crippen LogP contribution in [0.4, 0.5) is 5.69 Å². The summed E-state index contributed by atoms with van der Waals surface area (Å²) in [6.45, 7) is 1.27. The van der Waals surface area contributed by atoms with E-state index in [1.165, 1.54) is 0 Å². The molecule has 0 atom stereocenters. The van der Waals surface area contributed by atoms with E-state index in [1.807, 2.05) is 24.3 Å². The number of ether oxygens (including phenoxy) is 1. The molecule has 0 aliphatic carbocycles. The van der Waals surface area contributed by atoms with Crippen LogP contribution in [0.2, 0.25) is 0 Å². The Morgan fingerprint density at radius 1 is 1.43 bits per heavy atom. The van der Waals surface area contributed by atoms with Crippen LogP contribution in [0.5, 0.6) is 0 Å². The molecule has 0 bridgehead atoms. The molecule has 1 aromatic carbocycles. The zero-order valence-corrected chi connectivity index (χ0v) is 12.3. The van der Waals surface area contributed by atoms with Crippen LogP contribution in [0.15, 0.2) is 36.5 Å². The van der Waals surface area contributed by atoms with Crippen molar-refractivity contribution in [3.05, 3.63) is 42.2 Å². The maximum Gasteiger partial charge on any atom is 0.274 e. The number of nitrogen functional groups attached to an aromatic ring is 1. The number of aromatic nitrogens is 2. The van der Waals surface area contributed by atoms with Crippen LogP contribution in [0.1, 0.15) is 16.9 Å². The number of amides is 1. The lowest BCUT2D eigenvalue weighted by Gasteiger charge is -2.15. The summed E-state index contributed by atoms with van der Waals surface area (Å²) in [6.07, 6.45) is 2.56. The number of carbonyl (C=O) groups is 1. The van der Waals surface area contributed by atoms with Crippen molar-refractivity contribution in [3.63, 3.8) is 0 Å². The third-order valence-electron chi connectivity index (χ3n) is 3.13. The van der Waals surface area contributed by atoms with Gasteiger partial charge in [0.05, 0.1) is 5.69 Å². The van der Waals surface area contributed by atoms with E-state index in [0.29, 0.717) is 24.5 Å². The van der Waals surface area contributed by atoms with Gasteiger partial charge in [-0.25, -0.2) is 4.68 Å². The molecule has 0 aliphatic rings. The number of nitrogens with zero attached hydrogens (tertiary/aromatic N) is 3. The first-order chi connectivity index (χ1) is 10.1. The Morgan fingerprint density at radius 3 is 2.95 bits per heavy atom. The van der Waals surface area contributed by atoms with Gasteiger partial charge < -0.3 is 15.4 Å². The molecule has 6 nitrogen and oxygen atoms in total. The molecule has 2 N–H and O–H groups in total. The minimum absolute atomic E-state index is 0.103. The van der Waals surface area contributed by atoms with Crippen LogP contribution in [0, 0.1) is 0 Å². The fourth-order valence-electron chi connectivity index (χ4n) is 1.99. The minimum Gasteiger partial charge on any atom is -0.399 e. The summed E-state index contributed by atoms with van der Waals surface area (Å²) in [7, 11) is 3.41. The predicted molar refractivity (Wildman–Crippen MR) is 81.4 cm³/mol. The van der Waals surface area contributed by atoms with Gasteiger partial charge >= 0.3 is 0 Å². The van der Waals surface area contributed by atoms with Crippen molar-refractivity contribution < 1.29 is 9.53 Å². The van der Waals surface area contributed by atoms with Crippen LogP contribution in [0.25, 0.3) is 5.69 Å². The van der Waals surface area contributed by atoms with Crippen molar-refractivity contribution in [1.29, 1.82) is 0 Å². The maximum atomic E-state index is 12.2. The molecule has 6 heteroatoms. The Balaban J connectivity index is 2.07. The van der Waals surface area contributed by atoms with Crippen LogP contribution >= 0.6 is 0 Å². The van der Waals surface area contributed by atoms with Crippen molar-refractivity contribution in [3.8, 4) is 5.69 Å². The molecule has 0 fully saturated rings. The summed E-state index contributed by atoms with van der Waals surface area (Å²) < 4.78 is 6.63. The van der Waals surface area contributed by atoms with Gasteiger partial charge in [-0.15, -0.1) is 0 Å². The Bertz CT molecular complexity index is 609. The molecule has 112 valence electrons. The zero-order valence-electron chi connectivity index (χ0n) is 12.3. The van der Waals surface area contributed by atoms with Crippen molar-refractivity contribution in [2.24, 2.45) is 0 Å². The molecular weight excluding hydrogens is 268 g/mol. The van der Waals surface area contributed by atoms with E-state index in [9.17, 15) is 4.79 Å². The van der Waals surface area contributed by atoms with Crippen molar-refractivity contribution >= 4 is 11.6 Å². The van der Waals surface area contributed by atoms with Crippen LogP contribution in [-0.2, 0) is 4.74 Å². The molecular formula is C15H20N4O2. The second-order valence-corrected chi connectivity index (χ2v) is 4.81. The number of benzene rings is 1. The first-order valence-corrected chi connectivity index (χ1v) is 6.78. The molecule has 0 spiro atoms. The number of anilines is 1. The topological polar surface area (TPSA) is 73.4 Å². The summed E-state index contributed by atoms with van der Waals surface area (Å²) in [6, 6.07) is 9.06. The molecule has 2 aromatic rings. The van der Waals surface area contributed by atoms with E-state index in [-0.39, 0.29) is 5.91 Å². The van der Waals surface area contributed by atoms with Crippen molar-refractivity contribution in [2.75, 3.05) is 33.0 Å². The van der Waals surface area contributed by atoms with Gasteiger partial charge in [0.2, 0.25) is 0 Å². The molecule has 0 saturated heterocycles. The molecule has 0 aliphatic heterocycles. The molecule has 2 rings (SSSR count). The Kier molecular flexibility index (Phi) is 4.94. The average Bonchev–Trinajstić information content (AvgIpc) is 2.96. The Hall–Kier alpha value is -2.34. The van der Waals surface area contributed by atoms with Gasteiger partial charge in [0.1, 0.15) is 0 Å². The number of rotatable bonds is 6. The van der Waals surface area contributed by atoms with Gasteiger partial charge in [0, 0.05) is 39.2 Å². The highest BCUT2D eigenvalue weighted by Gasteiger charge is 2.14. The van der Waals surface area contributed by atoms with E-state index < -0.39 is 0 Å². The maximum absolute atomic E-state index is 12.2. The highest BCUT2D eigenvalue weighted by Crippen LogP contribution is 2.12. The summed E-state index contributed by atoms with van der Waals surface area (Å²) >= 11 is 0. The van der Waals surface area contributed by atoms with Crippen molar-refractivity contribution in [2.45, 2.75) is 6.42 Å². The van der Waals surface area contributed by atoms with Crippen LogP contribution in [0.3, 0.4) is 0 Å². The zero-order chi connectivity index (χ0) is 15.2. The van der Waals surface area contributed by atoms with Crippen molar-refractivity contribution in [1.82, 2.24) is 14.7 Å². The first-order valence-electron chi connectivity index (χ1n) is 6.78. The Morgan fingerprint density at radius 2 is 2.24 bits per heavy atom. The first kappa shape index (κ1) is 15.1. The molecule has 1 heterocycles. The highest BCUT2D eigenvalue weighted by molar-refractivity contribution is 5.92. The largest absolute Gasteiger partial charge is 0.399 e. The molecule has 0 saturated carbocycles. The van der Waals surface area contributed by atoms with Gasteiger partial charge in [-0.3, -0.25) is 4.79 Å². The van der Waals surface area contributed by atoms with Crippen LogP contribution in [-0.4, -0.2) is 47.9 Å². The van der Waals surface area contributed by atoms with E-state index in [2.05, 4.69) is 5.10 Å². The lowest BCUT2D eigenvalue weighted by Crippen LogP contribution is -2.28. The van der Waals surface area contributed by atoms with E-state index in [4.69, 9.17) is 10.5 Å². The summed E-state index contributed by atoms with van der Waals surface area (Å²) in [5.74, 6) is -0.103. The smallest absolute Gasteiger partial charge is 0.274 e. The van der Waals surface area contributed by atoms with Gasteiger partial charge in [0.25, 0.3) is 5.91 Å². The lowest BCUT2D eigenvalue weighted by molar-refractivity contribution is 0.0773. The SMILES string of the molecule is COCCCN(C)C(=O)c1ccn(-c2cccc(N)c2)n1. The third kappa shape index (κ3) is 3.82. The second-order valence-electron chi connectivity index (χ2n) is 4.81. The molecule has 0 unspecified atom stereocenters. The van der Waals surface area contributed by atoms with Gasteiger partial charge in [-0.05, 0) is 30.7 Å². The minimum atomic E-state index is -0.103. The standard InChI is InChI=1S/C15H20N4O2/c1-18(8-4-10-21-2)15(20)14-7-9-19(17-14)13-6-3-5-12(16)11-13/h3,5-7,9,11H,4,8,10,16H2,1-2H3. The second kappa shape index (κ2) is 6.90. The highest BCUT2D eigenvalue weighted by atomic mass is 16.5.